The van der Waals surface area contributed by atoms with Gasteiger partial charge in [-0.1, -0.05) is 19.9 Å². The number of rotatable bonds is 3. The van der Waals surface area contributed by atoms with Crippen LogP contribution in [0.1, 0.15) is 32.3 Å². The summed E-state index contributed by atoms with van der Waals surface area (Å²) in [5.74, 6) is 0.535. The number of nitrogens with zero attached hydrogens (tertiary/aromatic N) is 3. The Morgan fingerprint density at radius 3 is 3.00 bits per heavy atom. The minimum Gasteiger partial charge on any atom is -0.298 e. The number of hydrogen-bond acceptors (Lipinski definition) is 3. The molecule has 1 aliphatic heterocycles. The van der Waals surface area contributed by atoms with Crippen LogP contribution in [0, 0.1) is 22.7 Å². The van der Waals surface area contributed by atoms with E-state index in [-0.39, 0.29) is 5.41 Å². The van der Waals surface area contributed by atoms with Gasteiger partial charge in [-0.25, -0.2) is 0 Å². The first-order valence-electron chi connectivity index (χ1n) is 6.60. The lowest BCUT2D eigenvalue weighted by Gasteiger charge is -2.43. The van der Waals surface area contributed by atoms with Gasteiger partial charge < -0.3 is 0 Å². The average Bonchev–Trinajstić information content (AvgIpc) is 2.33. The maximum atomic E-state index is 8.88. The van der Waals surface area contributed by atoms with Crippen molar-refractivity contribution < 1.29 is 0 Å². The van der Waals surface area contributed by atoms with E-state index < -0.39 is 0 Å². The molecule has 0 aromatic carbocycles. The zero-order valence-corrected chi connectivity index (χ0v) is 11.3. The van der Waals surface area contributed by atoms with E-state index in [9.17, 15) is 0 Å². The van der Waals surface area contributed by atoms with Gasteiger partial charge in [-0.15, -0.1) is 0 Å². The lowest BCUT2D eigenvalue weighted by molar-refractivity contribution is 0.0526. The third-order valence-electron chi connectivity index (χ3n) is 4.00. The molecule has 2 rings (SSSR count). The Morgan fingerprint density at radius 1 is 1.56 bits per heavy atom. The van der Waals surface area contributed by atoms with Gasteiger partial charge in [-0.05, 0) is 35.9 Å². The van der Waals surface area contributed by atoms with Gasteiger partial charge in [0.15, 0.2) is 0 Å². The molecule has 0 N–H and O–H groups in total. The second-order valence-electron chi connectivity index (χ2n) is 5.91. The van der Waals surface area contributed by atoms with Gasteiger partial charge in [0, 0.05) is 31.9 Å². The number of pyridine rings is 1. The third-order valence-corrected chi connectivity index (χ3v) is 4.00. The van der Waals surface area contributed by atoms with Gasteiger partial charge in [0.1, 0.15) is 0 Å². The van der Waals surface area contributed by atoms with Gasteiger partial charge >= 0.3 is 0 Å². The maximum Gasteiger partial charge on any atom is 0.0624 e. The first kappa shape index (κ1) is 13.0. The molecule has 1 aromatic heterocycles. The normalized spacial score (nSPS) is 23.5. The van der Waals surface area contributed by atoms with Crippen LogP contribution < -0.4 is 0 Å². The molecule has 3 nitrogen and oxygen atoms in total. The highest BCUT2D eigenvalue weighted by Gasteiger charge is 2.35. The predicted octanol–water partition coefficient (Wildman–Crippen LogP) is 2.84. The SMILES string of the molecule is CC1(C)CN(Cc2cccnc2)CCC1CC#N. The number of hydrogen-bond donors (Lipinski definition) is 0. The standard InChI is InChI=1S/C15H21N3/c1-15(2)12-18(9-6-14(15)5-7-16)11-13-4-3-8-17-10-13/h3-4,8,10,14H,5-6,9,11-12H2,1-2H3. The number of nitriles is 1. The van der Waals surface area contributed by atoms with Crippen molar-refractivity contribution in [3.63, 3.8) is 0 Å². The van der Waals surface area contributed by atoms with Crippen LogP contribution in [-0.4, -0.2) is 23.0 Å². The van der Waals surface area contributed by atoms with Crippen molar-refractivity contribution in [2.24, 2.45) is 11.3 Å². The molecule has 1 fully saturated rings. The molecule has 3 heteroatoms. The van der Waals surface area contributed by atoms with Gasteiger partial charge in [0.05, 0.1) is 6.07 Å². The second-order valence-corrected chi connectivity index (χ2v) is 5.91. The van der Waals surface area contributed by atoms with Crippen molar-refractivity contribution in [3.05, 3.63) is 30.1 Å². The van der Waals surface area contributed by atoms with Crippen molar-refractivity contribution in [1.82, 2.24) is 9.88 Å². The Kier molecular flexibility index (Phi) is 3.98. The van der Waals surface area contributed by atoms with Crippen LogP contribution in [0.3, 0.4) is 0 Å². The van der Waals surface area contributed by atoms with Crippen molar-refractivity contribution in [2.45, 2.75) is 33.2 Å². The maximum absolute atomic E-state index is 8.88. The fourth-order valence-electron chi connectivity index (χ4n) is 2.89. The van der Waals surface area contributed by atoms with E-state index in [4.69, 9.17) is 5.26 Å². The molecule has 96 valence electrons. The minimum atomic E-state index is 0.232. The molecule has 0 radical (unpaired) electrons. The lowest BCUT2D eigenvalue weighted by atomic mass is 9.72. The van der Waals surface area contributed by atoms with Gasteiger partial charge in [0.25, 0.3) is 0 Å². The van der Waals surface area contributed by atoms with E-state index in [1.165, 1.54) is 5.56 Å². The molecule has 0 saturated carbocycles. The second kappa shape index (κ2) is 5.49. The van der Waals surface area contributed by atoms with Crippen LogP contribution in [0.2, 0.25) is 0 Å². The predicted molar refractivity (Wildman–Crippen MR) is 71.6 cm³/mol. The van der Waals surface area contributed by atoms with E-state index in [0.717, 1.165) is 26.1 Å². The molecule has 1 atom stereocenters. The van der Waals surface area contributed by atoms with Crippen LogP contribution >= 0.6 is 0 Å². The summed E-state index contributed by atoms with van der Waals surface area (Å²) in [7, 11) is 0. The van der Waals surface area contributed by atoms with Crippen LogP contribution in [0.15, 0.2) is 24.5 Å². The van der Waals surface area contributed by atoms with Crippen LogP contribution in [0.25, 0.3) is 0 Å². The number of aromatic nitrogens is 1. The Balaban J connectivity index is 1.97. The van der Waals surface area contributed by atoms with Gasteiger partial charge in [0.2, 0.25) is 0 Å². The van der Waals surface area contributed by atoms with Crippen molar-refractivity contribution in [2.75, 3.05) is 13.1 Å². The minimum absolute atomic E-state index is 0.232. The highest BCUT2D eigenvalue weighted by Crippen LogP contribution is 2.37. The summed E-state index contributed by atoms with van der Waals surface area (Å²) in [5.41, 5.74) is 1.50. The molecule has 1 aliphatic rings. The highest BCUT2D eigenvalue weighted by atomic mass is 15.1. The Labute approximate surface area is 109 Å². The van der Waals surface area contributed by atoms with Crippen LogP contribution in [-0.2, 0) is 6.54 Å². The summed E-state index contributed by atoms with van der Waals surface area (Å²) < 4.78 is 0. The summed E-state index contributed by atoms with van der Waals surface area (Å²) in [6.45, 7) is 7.68. The summed E-state index contributed by atoms with van der Waals surface area (Å²) >= 11 is 0. The highest BCUT2D eigenvalue weighted by molar-refractivity contribution is 5.08. The summed E-state index contributed by atoms with van der Waals surface area (Å²) in [5, 5.41) is 8.88. The molecular weight excluding hydrogens is 222 g/mol. The number of piperidine rings is 1. The van der Waals surface area contributed by atoms with Crippen LogP contribution in [0.4, 0.5) is 0 Å². The monoisotopic (exact) mass is 243 g/mol. The molecule has 1 unspecified atom stereocenters. The molecule has 1 aromatic rings. The smallest absolute Gasteiger partial charge is 0.0624 e. The summed E-state index contributed by atoms with van der Waals surface area (Å²) in [4.78, 5) is 6.64. The molecule has 18 heavy (non-hydrogen) atoms. The largest absolute Gasteiger partial charge is 0.298 e. The zero-order valence-electron chi connectivity index (χ0n) is 11.3. The van der Waals surface area contributed by atoms with Crippen molar-refractivity contribution in [3.8, 4) is 6.07 Å². The molecule has 0 spiro atoms. The molecule has 1 saturated heterocycles. The fourth-order valence-corrected chi connectivity index (χ4v) is 2.89. The van der Waals surface area contributed by atoms with E-state index in [2.05, 4.69) is 35.9 Å². The summed E-state index contributed by atoms with van der Waals surface area (Å²) in [6.07, 6.45) is 5.56. The topological polar surface area (TPSA) is 39.9 Å². The Morgan fingerprint density at radius 2 is 2.39 bits per heavy atom. The summed E-state index contributed by atoms with van der Waals surface area (Å²) in [6, 6.07) is 6.44. The molecule has 0 amide bonds. The number of likely N-dealkylation sites (tertiary alicyclic amines) is 1. The van der Waals surface area contributed by atoms with E-state index in [1.54, 1.807) is 0 Å². The van der Waals surface area contributed by atoms with Crippen molar-refractivity contribution >= 4 is 0 Å². The molecule has 2 heterocycles. The first-order valence-corrected chi connectivity index (χ1v) is 6.60. The zero-order chi connectivity index (χ0) is 13.0. The van der Waals surface area contributed by atoms with Gasteiger partial charge in [-0.3, -0.25) is 9.88 Å². The first-order chi connectivity index (χ1) is 8.62. The molecule has 0 aliphatic carbocycles. The fraction of sp³-hybridized carbons (Fsp3) is 0.600. The van der Waals surface area contributed by atoms with Crippen molar-refractivity contribution in [1.29, 1.82) is 5.26 Å². The van der Waals surface area contributed by atoms with E-state index in [0.29, 0.717) is 12.3 Å². The third kappa shape index (κ3) is 3.08. The van der Waals surface area contributed by atoms with E-state index in [1.807, 2.05) is 18.5 Å². The van der Waals surface area contributed by atoms with Crippen LogP contribution in [0.5, 0.6) is 0 Å². The van der Waals surface area contributed by atoms with E-state index >= 15 is 0 Å². The lowest BCUT2D eigenvalue weighted by Crippen LogP contribution is -2.45. The molecule has 0 bridgehead atoms. The molecular formula is C15H21N3. The Bertz CT molecular complexity index is 419. The quantitative estimate of drug-likeness (QED) is 0.819. The average molecular weight is 243 g/mol. The Hall–Kier alpha value is -1.40. The van der Waals surface area contributed by atoms with Gasteiger partial charge in [-0.2, -0.15) is 5.26 Å².